The molecule has 8 nitrogen and oxygen atoms in total. The van der Waals surface area contributed by atoms with Gasteiger partial charge in [0.1, 0.15) is 0 Å². The highest BCUT2D eigenvalue weighted by molar-refractivity contribution is 5.19. The highest BCUT2D eigenvalue weighted by Crippen LogP contribution is 2.08. The molecule has 0 atom stereocenters. The Balaban J connectivity index is 1.74. The molecule has 2 aromatic rings. The van der Waals surface area contributed by atoms with Crippen molar-refractivity contribution in [2.24, 2.45) is 0 Å². The lowest BCUT2D eigenvalue weighted by Crippen LogP contribution is -2.18. The van der Waals surface area contributed by atoms with Gasteiger partial charge in [-0.1, -0.05) is 10.3 Å². The summed E-state index contributed by atoms with van der Waals surface area (Å²) in [6.45, 7) is 4.21. The van der Waals surface area contributed by atoms with E-state index in [1.54, 1.807) is 7.11 Å². The third kappa shape index (κ3) is 4.34. The Morgan fingerprint density at radius 2 is 2.21 bits per heavy atom. The summed E-state index contributed by atoms with van der Waals surface area (Å²) in [5.41, 5.74) is 0.838. The number of hydrogen-bond donors (Lipinski definition) is 2. The molecule has 0 aliphatic carbocycles. The number of rotatable bonds is 8. The van der Waals surface area contributed by atoms with Gasteiger partial charge < -0.3 is 24.3 Å². The van der Waals surface area contributed by atoms with Gasteiger partial charge in [-0.15, -0.1) is 5.10 Å². The molecule has 0 saturated carbocycles. The Bertz CT molecular complexity index is 496. The first kappa shape index (κ1) is 13.5. The smallest absolute Gasteiger partial charge is 0.315 e. The summed E-state index contributed by atoms with van der Waals surface area (Å²) in [7, 11) is 1.65. The topological polar surface area (TPSA) is 98.2 Å². The van der Waals surface area contributed by atoms with Crippen LogP contribution in [0.5, 0.6) is 0 Å². The van der Waals surface area contributed by atoms with Crippen molar-refractivity contribution in [2.75, 3.05) is 25.6 Å². The molecule has 0 aromatic carbocycles. The third-order valence-electron chi connectivity index (χ3n) is 2.32. The van der Waals surface area contributed by atoms with E-state index in [9.17, 15) is 0 Å². The van der Waals surface area contributed by atoms with Gasteiger partial charge in [-0.25, -0.2) is 0 Å². The van der Waals surface area contributed by atoms with Crippen LogP contribution >= 0.6 is 0 Å². The van der Waals surface area contributed by atoms with Gasteiger partial charge in [0.25, 0.3) is 0 Å². The lowest BCUT2D eigenvalue weighted by atomic mass is 10.4. The fraction of sp³-hybridized carbons (Fsp3) is 0.545. The molecule has 19 heavy (non-hydrogen) atoms. The van der Waals surface area contributed by atoms with Crippen molar-refractivity contribution >= 4 is 6.01 Å². The van der Waals surface area contributed by atoms with E-state index in [0.717, 1.165) is 18.0 Å². The van der Waals surface area contributed by atoms with Gasteiger partial charge in [0.15, 0.2) is 5.76 Å². The van der Waals surface area contributed by atoms with Crippen LogP contribution in [0.15, 0.2) is 15.0 Å². The standard InChI is InChI=1S/C11H17N5O3/c1-8-5-9(19-16-8)6-13-11-15-14-10(18-11)7-12-3-4-17-2/h5,12H,3-4,6-7H2,1-2H3,(H,13,15). The number of methoxy groups -OCH3 is 1. The lowest BCUT2D eigenvalue weighted by Gasteiger charge is -1.99. The van der Waals surface area contributed by atoms with Gasteiger partial charge >= 0.3 is 6.01 Å². The lowest BCUT2D eigenvalue weighted by molar-refractivity contribution is 0.198. The highest BCUT2D eigenvalue weighted by atomic mass is 16.5. The van der Waals surface area contributed by atoms with Crippen molar-refractivity contribution in [3.8, 4) is 0 Å². The maximum Gasteiger partial charge on any atom is 0.315 e. The fourth-order valence-corrected chi connectivity index (χ4v) is 1.43. The van der Waals surface area contributed by atoms with Crippen LogP contribution in [0, 0.1) is 6.92 Å². The Morgan fingerprint density at radius 3 is 2.95 bits per heavy atom. The maximum absolute atomic E-state index is 5.39. The van der Waals surface area contributed by atoms with E-state index in [-0.39, 0.29) is 0 Å². The first-order valence-electron chi connectivity index (χ1n) is 5.96. The molecule has 2 rings (SSSR count). The van der Waals surface area contributed by atoms with Gasteiger partial charge in [0.05, 0.1) is 25.4 Å². The first-order chi connectivity index (χ1) is 9.28. The van der Waals surface area contributed by atoms with Crippen LogP contribution in [-0.2, 0) is 17.8 Å². The summed E-state index contributed by atoms with van der Waals surface area (Å²) in [6, 6.07) is 2.20. The Labute approximate surface area is 110 Å². The van der Waals surface area contributed by atoms with E-state index >= 15 is 0 Å². The molecule has 2 heterocycles. The van der Waals surface area contributed by atoms with Crippen LogP contribution in [0.1, 0.15) is 17.3 Å². The molecular weight excluding hydrogens is 250 g/mol. The molecule has 0 radical (unpaired) electrons. The van der Waals surface area contributed by atoms with Gasteiger partial charge in [-0.2, -0.15) is 0 Å². The molecule has 0 unspecified atom stereocenters. The Morgan fingerprint density at radius 1 is 1.32 bits per heavy atom. The van der Waals surface area contributed by atoms with Crippen molar-refractivity contribution in [3.05, 3.63) is 23.4 Å². The summed E-state index contributed by atoms with van der Waals surface area (Å²) in [6.07, 6.45) is 0. The zero-order valence-electron chi connectivity index (χ0n) is 11.0. The molecule has 0 saturated heterocycles. The van der Waals surface area contributed by atoms with E-state index in [1.165, 1.54) is 0 Å². The normalized spacial score (nSPS) is 10.8. The van der Waals surface area contributed by atoms with Crippen LogP contribution in [-0.4, -0.2) is 35.6 Å². The second-order valence-corrected chi connectivity index (χ2v) is 3.96. The zero-order valence-corrected chi connectivity index (χ0v) is 11.0. The molecule has 0 amide bonds. The van der Waals surface area contributed by atoms with E-state index in [4.69, 9.17) is 13.7 Å². The van der Waals surface area contributed by atoms with Crippen molar-refractivity contribution in [3.63, 3.8) is 0 Å². The molecule has 8 heteroatoms. The molecular formula is C11H17N5O3. The van der Waals surface area contributed by atoms with Crippen LogP contribution in [0.4, 0.5) is 6.01 Å². The molecule has 0 aliphatic heterocycles. The fourth-order valence-electron chi connectivity index (χ4n) is 1.43. The highest BCUT2D eigenvalue weighted by Gasteiger charge is 2.06. The van der Waals surface area contributed by atoms with Crippen LogP contribution in [0.25, 0.3) is 0 Å². The summed E-state index contributed by atoms with van der Waals surface area (Å²) in [5, 5.41) is 17.7. The van der Waals surface area contributed by atoms with Crippen LogP contribution in [0.3, 0.4) is 0 Å². The minimum Gasteiger partial charge on any atom is -0.407 e. The molecule has 104 valence electrons. The van der Waals surface area contributed by atoms with Gasteiger partial charge in [0.2, 0.25) is 5.89 Å². The Kier molecular flexibility index (Phi) is 4.87. The summed E-state index contributed by atoms with van der Waals surface area (Å²) in [5.74, 6) is 1.24. The predicted octanol–water partition coefficient (Wildman–Crippen LogP) is 0.714. The summed E-state index contributed by atoms with van der Waals surface area (Å²) < 4.78 is 15.4. The minimum absolute atomic E-state index is 0.359. The van der Waals surface area contributed by atoms with Crippen molar-refractivity contribution in [1.29, 1.82) is 0 Å². The Hall–Kier alpha value is -1.93. The summed E-state index contributed by atoms with van der Waals surface area (Å²) in [4.78, 5) is 0. The number of ether oxygens (including phenoxy) is 1. The molecule has 0 fully saturated rings. The third-order valence-corrected chi connectivity index (χ3v) is 2.32. The SMILES string of the molecule is COCCNCc1nnc(NCc2cc(C)no2)o1. The zero-order chi connectivity index (χ0) is 13.5. The number of hydrogen-bond acceptors (Lipinski definition) is 8. The van der Waals surface area contributed by atoms with Gasteiger partial charge in [-0.05, 0) is 6.92 Å². The monoisotopic (exact) mass is 267 g/mol. The van der Waals surface area contributed by atoms with Crippen molar-refractivity contribution < 1.29 is 13.7 Å². The number of nitrogens with one attached hydrogen (secondary N) is 2. The van der Waals surface area contributed by atoms with E-state index < -0.39 is 0 Å². The second-order valence-electron chi connectivity index (χ2n) is 3.96. The second kappa shape index (κ2) is 6.86. The number of nitrogens with zero attached hydrogens (tertiary/aromatic N) is 3. The molecule has 0 bridgehead atoms. The van der Waals surface area contributed by atoms with Crippen LogP contribution < -0.4 is 10.6 Å². The molecule has 0 aliphatic rings. The van der Waals surface area contributed by atoms with Crippen LogP contribution in [0.2, 0.25) is 0 Å². The van der Waals surface area contributed by atoms with Gasteiger partial charge in [0, 0.05) is 19.7 Å². The molecule has 0 spiro atoms. The quantitative estimate of drug-likeness (QED) is 0.675. The van der Waals surface area contributed by atoms with Gasteiger partial charge in [-0.3, -0.25) is 0 Å². The van der Waals surface area contributed by atoms with E-state index in [0.29, 0.717) is 31.6 Å². The minimum atomic E-state index is 0.359. The number of aryl methyl sites for hydroxylation is 1. The largest absolute Gasteiger partial charge is 0.407 e. The molecule has 2 aromatic heterocycles. The number of aromatic nitrogens is 3. The molecule has 2 N–H and O–H groups in total. The number of anilines is 1. The first-order valence-corrected chi connectivity index (χ1v) is 5.96. The predicted molar refractivity (Wildman–Crippen MR) is 66.4 cm³/mol. The summed E-state index contributed by atoms with van der Waals surface area (Å²) >= 11 is 0. The van der Waals surface area contributed by atoms with Crippen molar-refractivity contribution in [1.82, 2.24) is 20.7 Å². The maximum atomic E-state index is 5.39. The van der Waals surface area contributed by atoms with E-state index in [1.807, 2.05) is 13.0 Å². The average molecular weight is 267 g/mol. The van der Waals surface area contributed by atoms with E-state index in [2.05, 4.69) is 26.0 Å². The average Bonchev–Trinajstić information content (AvgIpc) is 3.01. The van der Waals surface area contributed by atoms with Crippen molar-refractivity contribution in [2.45, 2.75) is 20.0 Å².